The Morgan fingerprint density at radius 3 is 2.69 bits per heavy atom. The van der Waals surface area contributed by atoms with E-state index in [1.807, 2.05) is 6.07 Å². The second kappa shape index (κ2) is 4.62. The van der Waals surface area contributed by atoms with Crippen LogP contribution in [0, 0.1) is 0 Å². The van der Waals surface area contributed by atoms with E-state index in [-0.39, 0.29) is 0 Å². The molecule has 1 aromatic rings. The second-order valence-electron chi connectivity index (χ2n) is 2.25. The standard InChI is InChI=1S/C8H7Br2NO2/c1-13-8-3-5(9)2-7(10)6(8)4-11-12/h2-4,12H,1H3/b11-4-. The molecule has 0 radical (unpaired) electrons. The Labute approximate surface area is 92.7 Å². The molecule has 0 aromatic heterocycles. The quantitative estimate of drug-likeness (QED) is 0.518. The van der Waals surface area contributed by atoms with Crippen LogP contribution < -0.4 is 4.74 Å². The van der Waals surface area contributed by atoms with E-state index >= 15 is 0 Å². The number of benzene rings is 1. The van der Waals surface area contributed by atoms with Gasteiger partial charge in [0.1, 0.15) is 5.75 Å². The average Bonchev–Trinajstić information content (AvgIpc) is 2.09. The zero-order valence-electron chi connectivity index (χ0n) is 6.79. The number of rotatable bonds is 2. The number of nitrogens with zero attached hydrogens (tertiary/aromatic N) is 1. The van der Waals surface area contributed by atoms with E-state index in [2.05, 4.69) is 37.0 Å². The van der Waals surface area contributed by atoms with Crippen molar-refractivity contribution in [2.45, 2.75) is 0 Å². The number of oxime groups is 1. The molecule has 13 heavy (non-hydrogen) atoms. The monoisotopic (exact) mass is 307 g/mol. The Morgan fingerprint density at radius 1 is 1.46 bits per heavy atom. The Morgan fingerprint density at radius 2 is 2.15 bits per heavy atom. The van der Waals surface area contributed by atoms with Gasteiger partial charge in [0.25, 0.3) is 0 Å². The van der Waals surface area contributed by atoms with Crippen molar-refractivity contribution >= 4 is 38.1 Å². The van der Waals surface area contributed by atoms with Crippen molar-refractivity contribution < 1.29 is 9.94 Å². The minimum atomic E-state index is 0.638. The van der Waals surface area contributed by atoms with Crippen molar-refractivity contribution in [3.63, 3.8) is 0 Å². The Kier molecular flexibility index (Phi) is 3.74. The van der Waals surface area contributed by atoms with Gasteiger partial charge in [0, 0.05) is 8.95 Å². The first-order valence-corrected chi connectivity index (χ1v) is 4.98. The van der Waals surface area contributed by atoms with Crippen molar-refractivity contribution in [3.8, 4) is 5.75 Å². The van der Waals surface area contributed by atoms with Crippen LogP contribution in [0.25, 0.3) is 0 Å². The summed E-state index contributed by atoms with van der Waals surface area (Å²) in [6.07, 6.45) is 1.31. The zero-order valence-corrected chi connectivity index (χ0v) is 9.96. The summed E-state index contributed by atoms with van der Waals surface area (Å²) in [4.78, 5) is 0. The zero-order chi connectivity index (χ0) is 9.84. The maximum absolute atomic E-state index is 8.41. The lowest BCUT2D eigenvalue weighted by Gasteiger charge is -2.06. The molecule has 0 aliphatic rings. The summed E-state index contributed by atoms with van der Waals surface area (Å²) in [6.45, 7) is 0. The normalized spacial score (nSPS) is 10.7. The molecular formula is C8H7Br2NO2. The summed E-state index contributed by atoms with van der Waals surface area (Å²) in [6, 6.07) is 3.64. The SMILES string of the molecule is COc1cc(Br)cc(Br)c1/C=N\O. The molecule has 1 rings (SSSR count). The summed E-state index contributed by atoms with van der Waals surface area (Å²) >= 11 is 6.65. The minimum Gasteiger partial charge on any atom is -0.496 e. The van der Waals surface area contributed by atoms with E-state index in [0.29, 0.717) is 11.3 Å². The van der Waals surface area contributed by atoms with Gasteiger partial charge >= 0.3 is 0 Å². The van der Waals surface area contributed by atoms with Gasteiger partial charge in [-0.05, 0) is 28.1 Å². The van der Waals surface area contributed by atoms with Crippen molar-refractivity contribution in [2.24, 2.45) is 5.16 Å². The van der Waals surface area contributed by atoms with Gasteiger partial charge in [-0.25, -0.2) is 0 Å². The second-order valence-corrected chi connectivity index (χ2v) is 4.02. The van der Waals surface area contributed by atoms with E-state index in [4.69, 9.17) is 9.94 Å². The maximum Gasteiger partial charge on any atom is 0.130 e. The Hall–Kier alpha value is -0.550. The number of ether oxygens (including phenoxy) is 1. The van der Waals surface area contributed by atoms with Crippen LogP contribution in [0.4, 0.5) is 0 Å². The molecule has 0 heterocycles. The summed E-state index contributed by atoms with van der Waals surface area (Å²) < 4.78 is 6.79. The van der Waals surface area contributed by atoms with Gasteiger partial charge < -0.3 is 9.94 Å². The molecule has 1 aromatic carbocycles. The smallest absolute Gasteiger partial charge is 0.130 e. The van der Waals surface area contributed by atoms with Gasteiger partial charge in [0.2, 0.25) is 0 Å². The summed E-state index contributed by atoms with van der Waals surface area (Å²) in [5.41, 5.74) is 0.702. The lowest BCUT2D eigenvalue weighted by molar-refractivity contribution is 0.321. The first kappa shape index (κ1) is 10.5. The van der Waals surface area contributed by atoms with Crippen LogP contribution in [0.15, 0.2) is 26.2 Å². The summed E-state index contributed by atoms with van der Waals surface area (Å²) in [7, 11) is 1.56. The fraction of sp³-hybridized carbons (Fsp3) is 0.125. The van der Waals surface area contributed by atoms with Crippen molar-refractivity contribution in [1.29, 1.82) is 0 Å². The van der Waals surface area contributed by atoms with Crippen molar-refractivity contribution in [3.05, 3.63) is 26.6 Å². The number of halogens is 2. The molecule has 1 N–H and O–H groups in total. The Balaban J connectivity index is 3.29. The van der Waals surface area contributed by atoms with Crippen LogP contribution in [-0.2, 0) is 0 Å². The minimum absolute atomic E-state index is 0.638. The van der Waals surface area contributed by atoms with Crippen molar-refractivity contribution in [1.82, 2.24) is 0 Å². The highest BCUT2D eigenvalue weighted by atomic mass is 79.9. The molecule has 0 amide bonds. The molecule has 0 unspecified atom stereocenters. The van der Waals surface area contributed by atoms with E-state index < -0.39 is 0 Å². The highest BCUT2D eigenvalue weighted by Crippen LogP contribution is 2.29. The topological polar surface area (TPSA) is 41.8 Å². The molecule has 5 heteroatoms. The molecule has 0 atom stereocenters. The third-order valence-electron chi connectivity index (χ3n) is 1.46. The predicted octanol–water partition coefficient (Wildman–Crippen LogP) is 3.03. The maximum atomic E-state index is 8.41. The van der Waals surface area contributed by atoms with Crippen LogP contribution in [0.5, 0.6) is 5.75 Å². The van der Waals surface area contributed by atoms with Gasteiger partial charge in [-0.1, -0.05) is 21.1 Å². The van der Waals surface area contributed by atoms with E-state index in [1.165, 1.54) is 6.21 Å². The van der Waals surface area contributed by atoms with Gasteiger partial charge in [-0.3, -0.25) is 0 Å². The fourth-order valence-electron chi connectivity index (χ4n) is 0.913. The van der Waals surface area contributed by atoms with Gasteiger partial charge in [0.05, 0.1) is 18.9 Å². The molecule has 0 aliphatic carbocycles. The first-order valence-electron chi connectivity index (χ1n) is 3.39. The van der Waals surface area contributed by atoms with Crippen LogP contribution in [0.3, 0.4) is 0 Å². The molecule has 3 nitrogen and oxygen atoms in total. The summed E-state index contributed by atoms with van der Waals surface area (Å²) in [5, 5.41) is 11.4. The van der Waals surface area contributed by atoms with Crippen LogP contribution >= 0.6 is 31.9 Å². The molecule has 0 bridgehead atoms. The first-order chi connectivity index (χ1) is 6.19. The molecule has 0 saturated heterocycles. The lowest BCUT2D eigenvalue weighted by atomic mass is 10.2. The van der Waals surface area contributed by atoms with Crippen LogP contribution in [0.2, 0.25) is 0 Å². The average molecular weight is 309 g/mol. The molecular weight excluding hydrogens is 302 g/mol. The van der Waals surface area contributed by atoms with E-state index in [9.17, 15) is 0 Å². The molecule has 0 spiro atoms. The molecule has 0 saturated carbocycles. The van der Waals surface area contributed by atoms with Gasteiger partial charge in [0.15, 0.2) is 0 Å². The summed E-state index contributed by atoms with van der Waals surface area (Å²) in [5.74, 6) is 0.638. The predicted molar refractivity (Wildman–Crippen MR) is 57.8 cm³/mol. The fourth-order valence-corrected chi connectivity index (χ4v) is 2.20. The Bertz CT molecular complexity index is 339. The highest BCUT2D eigenvalue weighted by molar-refractivity contribution is 9.11. The third-order valence-corrected chi connectivity index (χ3v) is 2.58. The highest BCUT2D eigenvalue weighted by Gasteiger charge is 2.06. The van der Waals surface area contributed by atoms with Gasteiger partial charge in [-0.2, -0.15) is 0 Å². The molecule has 0 aliphatic heterocycles. The van der Waals surface area contributed by atoms with E-state index in [1.54, 1.807) is 13.2 Å². The number of hydrogen-bond donors (Lipinski definition) is 1. The number of hydrogen-bond acceptors (Lipinski definition) is 3. The van der Waals surface area contributed by atoms with Crippen molar-refractivity contribution in [2.75, 3.05) is 7.11 Å². The largest absolute Gasteiger partial charge is 0.496 e. The van der Waals surface area contributed by atoms with Crippen LogP contribution in [-0.4, -0.2) is 18.5 Å². The third kappa shape index (κ3) is 2.45. The van der Waals surface area contributed by atoms with Crippen LogP contribution in [0.1, 0.15) is 5.56 Å². The van der Waals surface area contributed by atoms with E-state index in [0.717, 1.165) is 8.95 Å². The van der Waals surface area contributed by atoms with Gasteiger partial charge in [-0.15, -0.1) is 0 Å². The molecule has 0 fully saturated rings. The lowest BCUT2D eigenvalue weighted by Crippen LogP contribution is -1.92. The molecule has 70 valence electrons. The number of methoxy groups -OCH3 is 1.